The SMILES string of the molecule is COc1nc(C)c(C(=O)N[C@@H](c2cccs2)C2CC(O)C2)s1. The summed E-state index contributed by atoms with van der Waals surface area (Å²) < 4.78 is 5.09. The molecule has 1 aliphatic carbocycles. The molecular weight excluding hydrogens is 320 g/mol. The number of rotatable bonds is 5. The summed E-state index contributed by atoms with van der Waals surface area (Å²) in [5.41, 5.74) is 0.679. The molecule has 1 atom stereocenters. The number of methoxy groups -OCH3 is 1. The summed E-state index contributed by atoms with van der Waals surface area (Å²) in [7, 11) is 1.55. The smallest absolute Gasteiger partial charge is 0.273 e. The van der Waals surface area contributed by atoms with Gasteiger partial charge < -0.3 is 15.2 Å². The monoisotopic (exact) mass is 338 g/mol. The average molecular weight is 338 g/mol. The van der Waals surface area contributed by atoms with Gasteiger partial charge in [0.1, 0.15) is 4.88 Å². The maximum Gasteiger partial charge on any atom is 0.273 e. The molecule has 0 spiro atoms. The van der Waals surface area contributed by atoms with Gasteiger partial charge in [-0.1, -0.05) is 17.4 Å². The van der Waals surface area contributed by atoms with Gasteiger partial charge in [0.05, 0.1) is 24.9 Å². The van der Waals surface area contributed by atoms with Gasteiger partial charge in [-0.15, -0.1) is 11.3 Å². The van der Waals surface area contributed by atoms with E-state index in [0.29, 0.717) is 15.8 Å². The molecule has 2 N–H and O–H groups in total. The summed E-state index contributed by atoms with van der Waals surface area (Å²) >= 11 is 2.88. The van der Waals surface area contributed by atoms with E-state index >= 15 is 0 Å². The summed E-state index contributed by atoms with van der Waals surface area (Å²) in [4.78, 5) is 18.5. The Morgan fingerprint density at radius 1 is 1.55 bits per heavy atom. The highest BCUT2D eigenvalue weighted by molar-refractivity contribution is 7.15. The average Bonchev–Trinajstić information content (AvgIpc) is 3.10. The first-order chi connectivity index (χ1) is 10.6. The largest absolute Gasteiger partial charge is 0.473 e. The van der Waals surface area contributed by atoms with E-state index in [0.717, 1.165) is 17.7 Å². The van der Waals surface area contributed by atoms with Crippen molar-refractivity contribution in [1.82, 2.24) is 10.3 Å². The molecule has 1 amide bonds. The van der Waals surface area contributed by atoms with Crippen LogP contribution in [0.1, 0.15) is 39.1 Å². The lowest BCUT2D eigenvalue weighted by atomic mass is 9.76. The highest BCUT2D eigenvalue weighted by atomic mass is 32.1. The van der Waals surface area contributed by atoms with E-state index in [-0.39, 0.29) is 24.0 Å². The predicted octanol–water partition coefficient (Wildman–Crippen LogP) is 2.76. The second-order valence-corrected chi connectivity index (χ2v) is 7.39. The molecule has 118 valence electrons. The van der Waals surface area contributed by atoms with Gasteiger partial charge in [0.25, 0.3) is 11.1 Å². The van der Waals surface area contributed by atoms with Gasteiger partial charge in [0, 0.05) is 4.88 Å². The van der Waals surface area contributed by atoms with Gasteiger partial charge in [0.2, 0.25) is 0 Å². The van der Waals surface area contributed by atoms with E-state index < -0.39 is 0 Å². The van der Waals surface area contributed by atoms with E-state index in [2.05, 4.69) is 10.3 Å². The third-order valence-electron chi connectivity index (χ3n) is 3.92. The zero-order valence-electron chi connectivity index (χ0n) is 12.4. The molecule has 3 rings (SSSR count). The van der Waals surface area contributed by atoms with Gasteiger partial charge in [-0.25, -0.2) is 4.98 Å². The summed E-state index contributed by atoms with van der Waals surface area (Å²) in [6.45, 7) is 1.81. The molecule has 0 saturated heterocycles. The van der Waals surface area contributed by atoms with Crippen LogP contribution < -0.4 is 10.1 Å². The third-order valence-corrected chi connectivity index (χ3v) is 5.99. The minimum absolute atomic E-state index is 0.0524. The summed E-state index contributed by atoms with van der Waals surface area (Å²) in [5.74, 6) is 0.158. The fourth-order valence-corrected chi connectivity index (χ4v) is 4.32. The maximum absolute atomic E-state index is 12.6. The molecule has 0 aromatic carbocycles. The number of aromatic nitrogens is 1. The summed E-state index contributed by atoms with van der Waals surface area (Å²) in [5, 5.41) is 15.2. The quantitative estimate of drug-likeness (QED) is 0.879. The van der Waals surface area contributed by atoms with Gasteiger partial charge >= 0.3 is 0 Å². The number of aliphatic hydroxyl groups excluding tert-OH is 1. The standard InChI is InChI=1S/C15H18N2O3S2/c1-8-13(22-15(16-8)20-2)14(19)17-12(9-6-10(18)7-9)11-4-3-5-21-11/h3-5,9-10,12,18H,6-7H2,1-2H3,(H,17,19)/t9?,10?,12-/m1/s1. The second-order valence-electron chi connectivity index (χ2n) is 5.45. The fraction of sp³-hybridized carbons (Fsp3) is 0.467. The lowest BCUT2D eigenvalue weighted by molar-refractivity contribution is 0.0241. The molecule has 7 heteroatoms. The Morgan fingerprint density at radius 2 is 2.32 bits per heavy atom. The van der Waals surface area contributed by atoms with Crippen LogP contribution in [0, 0.1) is 12.8 Å². The van der Waals surface area contributed by atoms with Crippen molar-refractivity contribution in [3.8, 4) is 5.19 Å². The van der Waals surface area contributed by atoms with Gasteiger partial charge in [0.15, 0.2) is 0 Å². The lowest BCUT2D eigenvalue weighted by Gasteiger charge is -2.37. The second kappa shape index (κ2) is 6.36. The molecule has 2 aromatic rings. The Hall–Kier alpha value is -1.44. The maximum atomic E-state index is 12.6. The van der Waals surface area contributed by atoms with Crippen molar-refractivity contribution < 1.29 is 14.6 Å². The van der Waals surface area contributed by atoms with Crippen LogP contribution >= 0.6 is 22.7 Å². The molecule has 22 heavy (non-hydrogen) atoms. The number of nitrogens with zero attached hydrogens (tertiary/aromatic N) is 1. The minimum Gasteiger partial charge on any atom is -0.473 e. The molecular formula is C15H18N2O3S2. The zero-order valence-corrected chi connectivity index (χ0v) is 14.0. The summed E-state index contributed by atoms with van der Waals surface area (Å²) in [6, 6.07) is 3.96. The Balaban J connectivity index is 1.78. The Labute approximate surface area is 137 Å². The number of ether oxygens (including phenoxy) is 1. The number of hydrogen-bond donors (Lipinski definition) is 2. The number of thiophene rings is 1. The van der Waals surface area contributed by atoms with Crippen molar-refractivity contribution in [3.05, 3.63) is 33.0 Å². The minimum atomic E-state index is -0.241. The molecule has 0 aliphatic heterocycles. The van der Waals surface area contributed by atoms with Crippen LogP contribution in [-0.4, -0.2) is 29.2 Å². The van der Waals surface area contributed by atoms with Crippen molar-refractivity contribution in [3.63, 3.8) is 0 Å². The molecule has 0 radical (unpaired) electrons. The van der Waals surface area contributed by atoms with Crippen LogP contribution in [0.25, 0.3) is 0 Å². The Bertz CT molecular complexity index is 648. The van der Waals surface area contributed by atoms with Crippen molar-refractivity contribution in [2.24, 2.45) is 5.92 Å². The number of aliphatic hydroxyl groups is 1. The number of carbonyl (C=O) groups is 1. The first-order valence-corrected chi connectivity index (χ1v) is 8.82. The van der Waals surface area contributed by atoms with Gasteiger partial charge in [-0.05, 0) is 37.1 Å². The topological polar surface area (TPSA) is 71.5 Å². The van der Waals surface area contributed by atoms with E-state index in [4.69, 9.17) is 4.74 Å². The highest BCUT2D eigenvalue weighted by Crippen LogP contribution is 2.40. The number of thiazole rings is 1. The van der Waals surface area contributed by atoms with Gasteiger partial charge in [-0.2, -0.15) is 0 Å². The third kappa shape index (κ3) is 3.02. The number of carbonyl (C=O) groups excluding carboxylic acids is 1. The van der Waals surface area contributed by atoms with Gasteiger partial charge in [-0.3, -0.25) is 4.79 Å². The van der Waals surface area contributed by atoms with Crippen molar-refractivity contribution in [2.75, 3.05) is 7.11 Å². The number of hydrogen-bond acceptors (Lipinski definition) is 6. The normalized spacial score (nSPS) is 22.0. The van der Waals surface area contributed by atoms with Crippen LogP contribution in [0.5, 0.6) is 5.19 Å². The fourth-order valence-electron chi connectivity index (χ4n) is 2.67. The van der Waals surface area contributed by atoms with Crippen LogP contribution in [0.4, 0.5) is 0 Å². The highest BCUT2D eigenvalue weighted by Gasteiger charge is 2.36. The first kappa shape index (κ1) is 15.5. The molecule has 1 aliphatic rings. The van der Waals surface area contributed by atoms with E-state index in [9.17, 15) is 9.90 Å². The predicted molar refractivity (Wildman–Crippen MR) is 86.7 cm³/mol. The van der Waals surface area contributed by atoms with E-state index in [1.807, 2.05) is 17.5 Å². The van der Waals surface area contributed by atoms with Crippen LogP contribution in [0.2, 0.25) is 0 Å². The molecule has 5 nitrogen and oxygen atoms in total. The molecule has 0 bridgehead atoms. The van der Waals surface area contributed by atoms with Crippen molar-refractivity contribution in [1.29, 1.82) is 0 Å². The first-order valence-electron chi connectivity index (χ1n) is 7.12. The number of aryl methyl sites for hydroxylation is 1. The lowest BCUT2D eigenvalue weighted by Crippen LogP contribution is -2.41. The molecule has 2 aromatic heterocycles. The number of nitrogens with one attached hydrogen (secondary N) is 1. The molecule has 1 fully saturated rings. The number of amides is 1. The molecule has 1 saturated carbocycles. The van der Waals surface area contributed by atoms with E-state index in [1.54, 1.807) is 25.4 Å². The van der Waals surface area contributed by atoms with Crippen LogP contribution in [0.15, 0.2) is 17.5 Å². The van der Waals surface area contributed by atoms with Crippen molar-refractivity contribution in [2.45, 2.75) is 31.9 Å². The Morgan fingerprint density at radius 3 is 2.86 bits per heavy atom. The molecule has 0 unspecified atom stereocenters. The summed E-state index contributed by atoms with van der Waals surface area (Å²) in [6.07, 6.45) is 1.22. The molecule has 2 heterocycles. The van der Waals surface area contributed by atoms with Crippen molar-refractivity contribution >= 4 is 28.6 Å². The Kier molecular flexibility index (Phi) is 4.46. The van der Waals surface area contributed by atoms with E-state index in [1.165, 1.54) is 11.3 Å². The van der Waals surface area contributed by atoms with Crippen LogP contribution in [0.3, 0.4) is 0 Å². The zero-order chi connectivity index (χ0) is 15.7. The van der Waals surface area contributed by atoms with Crippen LogP contribution in [-0.2, 0) is 0 Å².